The van der Waals surface area contributed by atoms with E-state index in [1.807, 2.05) is 6.92 Å². The molecule has 0 aromatic heterocycles. The van der Waals surface area contributed by atoms with Crippen molar-refractivity contribution in [1.82, 2.24) is 0 Å². The highest BCUT2D eigenvalue weighted by atomic mass is 19.1. The second-order valence-electron chi connectivity index (χ2n) is 4.74. The van der Waals surface area contributed by atoms with Crippen molar-refractivity contribution in [2.24, 2.45) is 5.92 Å². The first kappa shape index (κ1) is 12.4. The first-order valence-corrected chi connectivity index (χ1v) is 6.18. The maximum Gasteiger partial charge on any atom is 0.171 e. The summed E-state index contributed by atoms with van der Waals surface area (Å²) in [6.07, 6.45) is 3.41. The van der Waals surface area contributed by atoms with Crippen LogP contribution < -0.4 is 4.74 Å². The molecule has 0 bridgehead atoms. The minimum absolute atomic E-state index is 0.143. The van der Waals surface area contributed by atoms with Crippen molar-refractivity contribution in [2.75, 3.05) is 7.11 Å². The molecule has 17 heavy (non-hydrogen) atoms. The van der Waals surface area contributed by atoms with Gasteiger partial charge in [-0.15, -0.1) is 0 Å². The standard InChI is InChI=1S/C14H19FO2/c1-3-10-6-5-9-14(10,16)11-7-4-8-12(17-2)13(11)15/h4,7-8,10,16H,3,5-6,9H2,1-2H3. The van der Waals surface area contributed by atoms with Crippen molar-refractivity contribution in [3.05, 3.63) is 29.6 Å². The van der Waals surface area contributed by atoms with Crippen LogP contribution in [-0.4, -0.2) is 12.2 Å². The number of halogens is 1. The molecule has 1 aliphatic rings. The second kappa shape index (κ2) is 4.65. The number of ether oxygens (including phenoxy) is 1. The Morgan fingerprint density at radius 2 is 2.29 bits per heavy atom. The molecule has 1 aliphatic carbocycles. The first-order valence-electron chi connectivity index (χ1n) is 6.18. The summed E-state index contributed by atoms with van der Waals surface area (Å²) in [5, 5.41) is 10.7. The van der Waals surface area contributed by atoms with Crippen LogP contribution in [0.5, 0.6) is 5.75 Å². The zero-order chi connectivity index (χ0) is 12.5. The van der Waals surface area contributed by atoms with Crippen molar-refractivity contribution in [2.45, 2.75) is 38.2 Å². The SMILES string of the molecule is CCC1CCCC1(O)c1cccc(OC)c1F. The fourth-order valence-electron chi connectivity index (χ4n) is 2.96. The Balaban J connectivity index is 2.45. The Labute approximate surface area is 101 Å². The van der Waals surface area contributed by atoms with E-state index in [1.165, 1.54) is 7.11 Å². The van der Waals surface area contributed by atoms with Crippen LogP contribution in [0.3, 0.4) is 0 Å². The van der Waals surface area contributed by atoms with Crippen LogP contribution in [0.1, 0.15) is 38.2 Å². The van der Waals surface area contributed by atoms with Crippen LogP contribution in [0.2, 0.25) is 0 Å². The fourth-order valence-corrected chi connectivity index (χ4v) is 2.96. The summed E-state index contributed by atoms with van der Waals surface area (Å²) in [7, 11) is 1.44. The zero-order valence-electron chi connectivity index (χ0n) is 10.4. The largest absolute Gasteiger partial charge is 0.494 e. The van der Waals surface area contributed by atoms with Gasteiger partial charge < -0.3 is 9.84 Å². The number of methoxy groups -OCH3 is 1. The lowest BCUT2D eigenvalue weighted by Gasteiger charge is -2.30. The van der Waals surface area contributed by atoms with Gasteiger partial charge in [0.2, 0.25) is 0 Å². The third-order valence-corrected chi connectivity index (χ3v) is 3.93. The van der Waals surface area contributed by atoms with Crippen LogP contribution >= 0.6 is 0 Å². The van der Waals surface area contributed by atoms with Crippen molar-refractivity contribution in [1.29, 1.82) is 0 Å². The molecule has 0 spiro atoms. The van der Waals surface area contributed by atoms with Gasteiger partial charge in [0, 0.05) is 5.56 Å². The van der Waals surface area contributed by atoms with E-state index in [0.717, 1.165) is 19.3 Å². The molecule has 1 saturated carbocycles. The van der Waals surface area contributed by atoms with Crippen molar-refractivity contribution >= 4 is 0 Å². The minimum atomic E-state index is -1.02. The van der Waals surface area contributed by atoms with Crippen LogP contribution in [0.4, 0.5) is 4.39 Å². The molecule has 2 atom stereocenters. The lowest BCUT2D eigenvalue weighted by molar-refractivity contribution is -0.00737. The monoisotopic (exact) mass is 238 g/mol. The van der Waals surface area contributed by atoms with Gasteiger partial charge in [-0.3, -0.25) is 0 Å². The van der Waals surface area contributed by atoms with Gasteiger partial charge >= 0.3 is 0 Å². The normalized spacial score (nSPS) is 28.4. The van der Waals surface area contributed by atoms with Crippen molar-refractivity contribution < 1.29 is 14.2 Å². The highest BCUT2D eigenvalue weighted by Gasteiger charge is 2.43. The molecule has 2 rings (SSSR count). The number of hydrogen-bond acceptors (Lipinski definition) is 2. The lowest BCUT2D eigenvalue weighted by Crippen LogP contribution is -2.31. The molecule has 1 aromatic rings. The molecular weight excluding hydrogens is 219 g/mol. The number of hydrogen-bond donors (Lipinski definition) is 1. The van der Waals surface area contributed by atoms with Crippen LogP contribution in [0, 0.1) is 11.7 Å². The lowest BCUT2D eigenvalue weighted by atomic mass is 9.82. The van der Waals surface area contributed by atoms with E-state index in [1.54, 1.807) is 18.2 Å². The molecule has 2 nitrogen and oxygen atoms in total. The Morgan fingerprint density at radius 1 is 1.53 bits per heavy atom. The molecule has 0 heterocycles. The van der Waals surface area contributed by atoms with Gasteiger partial charge in [0.1, 0.15) is 0 Å². The van der Waals surface area contributed by atoms with Crippen LogP contribution in [0.25, 0.3) is 0 Å². The molecular formula is C14H19FO2. The molecule has 3 heteroatoms. The second-order valence-corrected chi connectivity index (χ2v) is 4.74. The third kappa shape index (κ3) is 1.93. The predicted molar refractivity (Wildman–Crippen MR) is 64.5 cm³/mol. The highest BCUT2D eigenvalue weighted by Crippen LogP contribution is 2.46. The Kier molecular flexibility index (Phi) is 3.38. The van der Waals surface area contributed by atoms with Gasteiger partial charge in [0.05, 0.1) is 12.7 Å². The van der Waals surface area contributed by atoms with E-state index in [4.69, 9.17) is 4.74 Å². The third-order valence-electron chi connectivity index (χ3n) is 3.93. The van der Waals surface area contributed by atoms with Gasteiger partial charge in [-0.1, -0.05) is 25.5 Å². The fraction of sp³-hybridized carbons (Fsp3) is 0.571. The Morgan fingerprint density at radius 3 is 2.94 bits per heavy atom. The summed E-state index contributed by atoms with van der Waals surface area (Å²) >= 11 is 0. The molecule has 0 amide bonds. The van der Waals surface area contributed by atoms with Crippen LogP contribution in [0.15, 0.2) is 18.2 Å². The summed E-state index contributed by atoms with van der Waals surface area (Å²) in [4.78, 5) is 0. The number of benzene rings is 1. The topological polar surface area (TPSA) is 29.5 Å². The molecule has 1 N–H and O–H groups in total. The van der Waals surface area contributed by atoms with E-state index >= 15 is 0 Å². The van der Waals surface area contributed by atoms with E-state index in [9.17, 15) is 9.50 Å². The van der Waals surface area contributed by atoms with Gasteiger partial charge in [0.25, 0.3) is 0 Å². The summed E-state index contributed by atoms with van der Waals surface area (Å²) < 4.78 is 19.2. The summed E-state index contributed by atoms with van der Waals surface area (Å²) in [6, 6.07) is 4.99. The van der Waals surface area contributed by atoms with E-state index in [2.05, 4.69) is 0 Å². The van der Waals surface area contributed by atoms with Crippen molar-refractivity contribution in [3.63, 3.8) is 0 Å². The summed E-state index contributed by atoms with van der Waals surface area (Å²) in [5.41, 5.74) is -0.630. The van der Waals surface area contributed by atoms with Crippen molar-refractivity contribution in [3.8, 4) is 5.75 Å². The zero-order valence-corrected chi connectivity index (χ0v) is 10.4. The van der Waals surface area contributed by atoms with Gasteiger partial charge in [-0.2, -0.15) is 0 Å². The van der Waals surface area contributed by atoms with E-state index in [0.29, 0.717) is 12.0 Å². The maximum atomic E-state index is 14.2. The predicted octanol–water partition coefficient (Wildman–Crippen LogP) is 3.23. The highest BCUT2D eigenvalue weighted by molar-refractivity contribution is 5.35. The summed E-state index contributed by atoms with van der Waals surface area (Å²) in [5.74, 6) is -0.0698. The molecule has 0 saturated heterocycles. The molecule has 94 valence electrons. The van der Waals surface area contributed by atoms with E-state index < -0.39 is 11.4 Å². The number of aliphatic hydroxyl groups is 1. The van der Waals surface area contributed by atoms with Crippen LogP contribution in [-0.2, 0) is 5.60 Å². The molecule has 1 fully saturated rings. The van der Waals surface area contributed by atoms with E-state index in [-0.39, 0.29) is 11.7 Å². The maximum absolute atomic E-state index is 14.2. The Bertz CT molecular complexity index is 405. The average molecular weight is 238 g/mol. The first-order chi connectivity index (χ1) is 8.13. The number of rotatable bonds is 3. The van der Waals surface area contributed by atoms with Gasteiger partial charge in [0.15, 0.2) is 11.6 Å². The molecule has 2 unspecified atom stereocenters. The smallest absolute Gasteiger partial charge is 0.171 e. The Hall–Kier alpha value is -1.09. The minimum Gasteiger partial charge on any atom is -0.494 e. The molecule has 0 aliphatic heterocycles. The molecule has 1 aromatic carbocycles. The van der Waals surface area contributed by atoms with Gasteiger partial charge in [-0.05, 0) is 31.2 Å². The quantitative estimate of drug-likeness (QED) is 0.876. The average Bonchev–Trinajstić information content (AvgIpc) is 2.71. The summed E-state index contributed by atoms with van der Waals surface area (Å²) in [6.45, 7) is 2.04. The molecule has 0 radical (unpaired) electrons. The van der Waals surface area contributed by atoms with Gasteiger partial charge in [-0.25, -0.2) is 4.39 Å².